The fraction of sp³-hybridized carbons (Fsp3) is 0.250. The van der Waals surface area contributed by atoms with Gasteiger partial charge in [0, 0.05) is 11.5 Å². The fourth-order valence-electron chi connectivity index (χ4n) is 0.702. The molecular weight excluding hydrogens is 204 g/mol. The van der Waals surface area contributed by atoms with Gasteiger partial charge in [-0.15, -0.1) is 0 Å². The molecular formula is C8H13BrN2. The van der Waals surface area contributed by atoms with Gasteiger partial charge in [0.15, 0.2) is 0 Å². The van der Waals surface area contributed by atoms with E-state index in [0.29, 0.717) is 5.70 Å². The van der Waals surface area contributed by atoms with Crippen LogP contribution >= 0.6 is 15.9 Å². The summed E-state index contributed by atoms with van der Waals surface area (Å²) in [4.78, 5) is 0. The van der Waals surface area contributed by atoms with Crippen LogP contribution in [-0.2, 0) is 0 Å². The first-order chi connectivity index (χ1) is 5.11. The van der Waals surface area contributed by atoms with Crippen molar-refractivity contribution in [2.45, 2.75) is 6.92 Å². The third-order valence-corrected chi connectivity index (χ3v) is 1.41. The SMILES string of the molecule is C=C(Br)/C=C(N)\C(=C/C)NC. The highest BCUT2D eigenvalue weighted by Gasteiger charge is 1.94. The summed E-state index contributed by atoms with van der Waals surface area (Å²) in [5.74, 6) is 0. The largest absolute Gasteiger partial charge is 0.397 e. The third kappa shape index (κ3) is 3.88. The van der Waals surface area contributed by atoms with Crippen LogP contribution in [0.5, 0.6) is 0 Å². The lowest BCUT2D eigenvalue weighted by atomic mass is 10.3. The van der Waals surface area contributed by atoms with Crippen molar-refractivity contribution in [2.24, 2.45) is 5.73 Å². The highest BCUT2D eigenvalue weighted by molar-refractivity contribution is 9.11. The first-order valence-corrected chi connectivity index (χ1v) is 4.07. The quantitative estimate of drug-likeness (QED) is 0.708. The summed E-state index contributed by atoms with van der Waals surface area (Å²) in [7, 11) is 1.83. The Bertz CT molecular complexity index is 204. The molecule has 0 aliphatic heterocycles. The minimum absolute atomic E-state index is 0.678. The maximum atomic E-state index is 5.68. The Balaban J connectivity index is 4.45. The molecule has 0 saturated carbocycles. The van der Waals surface area contributed by atoms with Gasteiger partial charge in [0.25, 0.3) is 0 Å². The lowest BCUT2D eigenvalue weighted by molar-refractivity contribution is 0.984. The van der Waals surface area contributed by atoms with E-state index in [-0.39, 0.29) is 0 Å². The van der Waals surface area contributed by atoms with Crippen LogP contribution in [0.3, 0.4) is 0 Å². The van der Waals surface area contributed by atoms with Gasteiger partial charge in [-0.25, -0.2) is 0 Å². The van der Waals surface area contributed by atoms with Crippen LogP contribution in [0.1, 0.15) is 6.92 Å². The summed E-state index contributed by atoms with van der Waals surface area (Å²) in [6.45, 7) is 5.57. The average Bonchev–Trinajstić information content (AvgIpc) is 1.88. The second-order valence-corrected chi connectivity index (χ2v) is 3.02. The van der Waals surface area contributed by atoms with Crippen molar-refractivity contribution >= 4 is 15.9 Å². The van der Waals surface area contributed by atoms with Crippen molar-refractivity contribution in [1.82, 2.24) is 5.32 Å². The van der Waals surface area contributed by atoms with Gasteiger partial charge >= 0.3 is 0 Å². The van der Waals surface area contributed by atoms with Gasteiger partial charge in [-0.05, 0) is 13.0 Å². The summed E-state index contributed by atoms with van der Waals surface area (Å²) >= 11 is 3.20. The maximum Gasteiger partial charge on any atom is 0.0557 e. The molecule has 3 heteroatoms. The lowest BCUT2D eigenvalue weighted by Gasteiger charge is -2.05. The molecule has 0 spiro atoms. The molecule has 0 aliphatic carbocycles. The molecule has 0 saturated heterocycles. The second-order valence-electron chi connectivity index (χ2n) is 2.00. The van der Waals surface area contributed by atoms with Gasteiger partial charge in [-0.2, -0.15) is 0 Å². The van der Waals surface area contributed by atoms with Crippen molar-refractivity contribution in [3.05, 3.63) is 34.6 Å². The normalized spacial score (nSPS) is 13.0. The summed E-state index contributed by atoms with van der Waals surface area (Å²) in [6.07, 6.45) is 3.66. The molecule has 2 nitrogen and oxygen atoms in total. The summed E-state index contributed by atoms with van der Waals surface area (Å²) in [5, 5.41) is 2.96. The van der Waals surface area contributed by atoms with Gasteiger partial charge in [-0.1, -0.05) is 28.6 Å². The average molecular weight is 217 g/mol. The standard InChI is InChI=1S/C8H13BrN2/c1-4-8(11-3)7(10)5-6(2)9/h4-5,11H,2,10H2,1,3H3/b7-5+,8-4+. The molecule has 0 aliphatic rings. The second kappa shape index (κ2) is 5.02. The number of nitrogens with two attached hydrogens (primary N) is 1. The summed E-state index contributed by atoms with van der Waals surface area (Å²) in [5.41, 5.74) is 7.27. The van der Waals surface area contributed by atoms with Gasteiger partial charge in [0.2, 0.25) is 0 Å². The first kappa shape index (κ1) is 10.3. The molecule has 0 radical (unpaired) electrons. The van der Waals surface area contributed by atoms with Crippen LogP contribution in [0, 0.1) is 0 Å². The number of likely N-dealkylation sites (N-methyl/N-ethyl adjacent to an activating group) is 1. The number of hydrogen-bond acceptors (Lipinski definition) is 2. The molecule has 0 amide bonds. The van der Waals surface area contributed by atoms with E-state index in [0.717, 1.165) is 10.2 Å². The number of hydrogen-bond donors (Lipinski definition) is 2. The van der Waals surface area contributed by atoms with Crippen molar-refractivity contribution in [2.75, 3.05) is 7.05 Å². The van der Waals surface area contributed by atoms with E-state index in [1.807, 2.05) is 20.0 Å². The van der Waals surface area contributed by atoms with Crippen molar-refractivity contribution in [3.63, 3.8) is 0 Å². The third-order valence-electron chi connectivity index (χ3n) is 1.18. The zero-order chi connectivity index (χ0) is 8.85. The minimum Gasteiger partial charge on any atom is -0.397 e. The van der Waals surface area contributed by atoms with Gasteiger partial charge in [-0.3, -0.25) is 0 Å². The van der Waals surface area contributed by atoms with E-state index < -0.39 is 0 Å². The monoisotopic (exact) mass is 216 g/mol. The lowest BCUT2D eigenvalue weighted by Crippen LogP contribution is -2.13. The molecule has 0 bridgehead atoms. The van der Waals surface area contributed by atoms with Crippen LogP contribution in [0.4, 0.5) is 0 Å². The Morgan fingerprint density at radius 3 is 2.45 bits per heavy atom. The zero-order valence-electron chi connectivity index (χ0n) is 6.82. The number of nitrogens with one attached hydrogen (secondary N) is 1. The van der Waals surface area contributed by atoms with Crippen molar-refractivity contribution < 1.29 is 0 Å². The van der Waals surface area contributed by atoms with E-state index in [1.54, 1.807) is 6.08 Å². The first-order valence-electron chi connectivity index (χ1n) is 3.27. The number of rotatable bonds is 3. The van der Waals surface area contributed by atoms with Crippen LogP contribution in [0.25, 0.3) is 0 Å². The van der Waals surface area contributed by atoms with E-state index in [1.165, 1.54) is 0 Å². The molecule has 0 aromatic heterocycles. The topological polar surface area (TPSA) is 38.0 Å². The molecule has 0 aromatic rings. The Morgan fingerprint density at radius 2 is 2.18 bits per heavy atom. The van der Waals surface area contributed by atoms with E-state index in [9.17, 15) is 0 Å². The number of halogens is 1. The highest BCUT2D eigenvalue weighted by atomic mass is 79.9. The summed E-state index contributed by atoms with van der Waals surface area (Å²) < 4.78 is 0.768. The maximum absolute atomic E-state index is 5.68. The van der Waals surface area contributed by atoms with Crippen LogP contribution in [-0.4, -0.2) is 7.05 Å². The van der Waals surface area contributed by atoms with Crippen LogP contribution in [0.2, 0.25) is 0 Å². The van der Waals surface area contributed by atoms with E-state index >= 15 is 0 Å². The molecule has 3 N–H and O–H groups in total. The van der Waals surface area contributed by atoms with Gasteiger partial charge in [0.1, 0.15) is 0 Å². The number of allylic oxidation sites excluding steroid dienone is 3. The Morgan fingerprint density at radius 1 is 1.64 bits per heavy atom. The minimum atomic E-state index is 0.678. The molecule has 0 unspecified atom stereocenters. The highest BCUT2D eigenvalue weighted by Crippen LogP contribution is 2.07. The van der Waals surface area contributed by atoms with Crippen molar-refractivity contribution in [3.8, 4) is 0 Å². The Kier molecular flexibility index (Phi) is 4.70. The van der Waals surface area contributed by atoms with E-state index in [4.69, 9.17) is 5.73 Å². The van der Waals surface area contributed by atoms with Crippen LogP contribution in [0.15, 0.2) is 34.6 Å². The predicted octanol–water partition coefficient (Wildman–Crippen LogP) is 1.86. The molecule has 0 rings (SSSR count). The van der Waals surface area contributed by atoms with Gasteiger partial charge in [0.05, 0.1) is 11.4 Å². The van der Waals surface area contributed by atoms with E-state index in [2.05, 4.69) is 27.8 Å². The Hall–Kier alpha value is -0.700. The van der Waals surface area contributed by atoms with Gasteiger partial charge < -0.3 is 11.1 Å². The molecule has 62 valence electrons. The summed E-state index contributed by atoms with van der Waals surface area (Å²) in [6, 6.07) is 0. The Labute approximate surface area is 76.0 Å². The molecule has 0 fully saturated rings. The molecule has 0 atom stereocenters. The zero-order valence-corrected chi connectivity index (χ0v) is 8.40. The molecule has 0 aromatic carbocycles. The molecule has 11 heavy (non-hydrogen) atoms. The smallest absolute Gasteiger partial charge is 0.0557 e. The van der Waals surface area contributed by atoms with Crippen molar-refractivity contribution in [1.29, 1.82) is 0 Å². The molecule has 0 heterocycles. The van der Waals surface area contributed by atoms with Crippen LogP contribution < -0.4 is 11.1 Å². The fourth-order valence-corrected chi connectivity index (χ4v) is 0.948. The predicted molar refractivity (Wildman–Crippen MR) is 53.2 cm³/mol.